The zero-order valence-electron chi connectivity index (χ0n) is 7.86. The molecule has 1 fully saturated rings. The highest BCUT2D eigenvalue weighted by molar-refractivity contribution is 5.81. The van der Waals surface area contributed by atoms with Crippen molar-refractivity contribution in [3.05, 3.63) is 35.9 Å². The average Bonchev–Trinajstić information content (AvgIpc) is 2.86. The van der Waals surface area contributed by atoms with Crippen LogP contribution in [0.5, 0.6) is 0 Å². The lowest BCUT2D eigenvalue weighted by Gasteiger charge is -1.98. The van der Waals surface area contributed by atoms with Crippen LogP contribution in [0.3, 0.4) is 0 Å². The van der Waals surface area contributed by atoms with Crippen LogP contribution < -0.4 is 0 Å². The number of rotatable bonds is 3. The fourth-order valence-corrected chi connectivity index (χ4v) is 1.89. The second kappa shape index (κ2) is 3.33. The summed E-state index contributed by atoms with van der Waals surface area (Å²) in [6, 6.07) is 10.4. The molecule has 1 nitrogen and oxygen atoms in total. The van der Waals surface area contributed by atoms with E-state index in [2.05, 4.69) is 24.3 Å². The van der Waals surface area contributed by atoms with E-state index in [1.54, 1.807) is 6.92 Å². The molecular formula is C12H14O. The fraction of sp³-hybridized carbons (Fsp3) is 0.417. The highest BCUT2D eigenvalue weighted by Gasteiger charge is 2.40. The summed E-state index contributed by atoms with van der Waals surface area (Å²) in [5.74, 6) is 1.35. The topological polar surface area (TPSA) is 17.1 Å². The molecule has 1 aromatic carbocycles. The van der Waals surface area contributed by atoms with Gasteiger partial charge in [0.25, 0.3) is 0 Å². The van der Waals surface area contributed by atoms with Crippen molar-refractivity contribution >= 4 is 5.78 Å². The standard InChI is InChI=1S/C12H14O/c1-9(13)12-8-11(12)7-10-5-3-2-4-6-10/h2-6,11-12H,7-8H2,1H3/t11-,12?/m1/s1. The van der Waals surface area contributed by atoms with Gasteiger partial charge in [0.1, 0.15) is 5.78 Å². The Bertz CT molecular complexity index is 302. The van der Waals surface area contributed by atoms with Gasteiger partial charge >= 0.3 is 0 Å². The Morgan fingerprint density at radius 2 is 2.08 bits per heavy atom. The molecule has 0 aromatic heterocycles. The van der Waals surface area contributed by atoms with Crippen molar-refractivity contribution in [1.82, 2.24) is 0 Å². The Morgan fingerprint density at radius 3 is 2.62 bits per heavy atom. The Morgan fingerprint density at radius 1 is 1.38 bits per heavy atom. The lowest BCUT2D eigenvalue weighted by atomic mass is 10.1. The first kappa shape index (κ1) is 8.49. The molecule has 0 saturated heterocycles. The van der Waals surface area contributed by atoms with Gasteiger partial charge in [0.15, 0.2) is 0 Å². The molecule has 0 bridgehead atoms. The minimum absolute atomic E-state index is 0.361. The lowest BCUT2D eigenvalue weighted by molar-refractivity contribution is -0.118. The van der Waals surface area contributed by atoms with E-state index in [9.17, 15) is 4.79 Å². The molecule has 0 amide bonds. The fourth-order valence-electron chi connectivity index (χ4n) is 1.89. The van der Waals surface area contributed by atoms with Crippen molar-refractivity contribution in [2.45, 2.75) is 19.8 Å². The number of hydrogen-bond acceptors (Lipinski definition) is 1. The highest BCUT2D eigenvalue weighted by atomic mass is 16.1. The summed E-state index contributed by atoms with van der Waals surface area (Å²) in [7, 11) is 0. The van der Waals surface area contributed by atoms with Crippen LogP contribution in [0, 0.1) is 11.8 Å². The Balaban J connectivity index is 1.92. The quantitative estimate of drug-likeness (QED) is 0.688. The minimum Gasteiger partial charge on any atom is -0.300 e. The molecule has 1 aliphatic carbocycles. The van der Waals surface area contributed by atoms with Crippen molar-refractivity contribution in [3.8, 4) is 0 Å². The molecule has 0 heterocycles. The molecule has 1 saturated carbocycles. The van der Waals surface area contributed by atoms with Crippen LogP contribution in [0.4, 0.5) is 0 Å². The predicted molar refractivity (Wildman–Crippen MR) is 52.4 cm³/mol. The summed E-state index contributed by atoms with van der Waals surface area (Å²) < 4.78 is 0. The molecule has 1 unspecified atom stereocenters. The first-order chi connectivity index (χ1) is 6.27. The molecule has 0 radical (unpaired) electrons. The van der Waals surface area contributed by atoms with E-state index in [-0.39, 0.29) is 0 Å². The van der Waals surface area contributed by atoms with Gasteiger partial charge < -0.3 is 0 Å². The number of carbonyl (C=O) groups excluding carboxylic acids is 1. The van der Waals surface area contributed by atoms with Crippen molar-refractivity contribution in [1.29, 1.82) is 0 Å². The molecule has 2 rings (SSSR count). The third-order valence-electron chi connectivity index (χ3n) is 2.79. The third kappa shape index (κ3) is 1.97. The van der Waals surface area contributed by atoms with Gasteiger partial charge in [0.05, 0.1) is 0 Å². The summed E-state index contributed by atoms with van der Waals surface area (Å²) in [6.45, 7) is 1.70. The third-order valence-corrected chi connectivity index (χ3v) is 2.79. The van der Waals surface area contributed by atoms with Crippen LogP contribution in [-0.2, 0) is 11.2 Å². The largest absolute Gasteiger partial charge is 0.300 e. The second-order valence-electron chi connectivity index (χ2n) is 3.90. The van der Waals surface area contributed by atoms with Crippen LogP contribution in [0.15, 0.2) is 30.3 Å². The van der Waals surface area contributed by atoms with Crippen molar-refractivity contribution in [2.75, 3.05) is 0 Å². The predicted octanol–water partition coefficient (Wildman–Crippen LogP) is 2.45. The number of carbonyl (C=O) groups is 1. The smallest absolute Gasteiger partial charge is 0.133 e. The zero-order valence-corrected chi connectivity index (χ0v) is 7.86. The molecular weight excluding hydrogens is 160 g/mol. The molecule has 0 aliphatic heterocycles. The van der Waals surface area contributed by atoms with Crippen LogP contribution in [-0.4, -0.2) is 5.78 Å². The maximum atomic E-state index is 11.0. The normalized spacial score (nSPS) is 25.6. The zero-order chi connectivity index (χ0) is 9.26. The molecule has 13 heavy (non-hydrogen) atoms. The van der Waals surface area contributed by atoms with Crippen LogP contribution >= 0.6 is 0 Å². The van der Waals surface area contributed by atoms with Crippen LogP contribution in [0.25, 0.3) is 0 Å². The van der Waals surface area contributed by atoms with Crippen LogP contribution in [0.1, 0.15) is 18.9 Å². The lowest BCUT2D eigenvalue weighted by Crippen LogP contribution is -1.97. The van der Waals surface area contributed by atoms with Gasteiger partial charge in [-0.2, -0.15) is 0 Å². The maximum Gasteiger partial charge on any atom is 0.133 e. The van der Waals surface area contributed by atoms with Crippen LogP contribution in [0.2, 0.25) is 0 Å². The van der Waals surface area contributed by atoms with Gasteiger partial charge in [0.2, 0.25) is 0 Å². The van der Waals surface area contributed by atoms with Gasteiger partial charge in [-0.05, 0) is 31.2 Å². The van der Waals surface area contributed by atoms with E-state index in [4.69, 9.17) is 0 Å². The van der Waals surface area contributed by atoms with E-state index < -0.39 is 0 Å². The van der Waals surface area contributed by atoms with Crippen molar-refractivity contribution in [3.63, 3.8) is 0 Å². The first-order valence-corrected chi connectivity index (χ1v) is 4.82. The van der Waals surface area contributed by atoms with Crippen molar-refractivity contribution < 1.29 is 4.79 Å². The molecule has 2 atom stereocenters. The highest BCUT2D eigenvalue weighted by Crippen LogP contribution is 2.41. The Labute approximate surface area is 78.8 Å². The SMILES string of the molecule is CC(=O)C1C[C@H]1Cc1ccccc1. The van der Waals surface area contributed by atoms with E-state index >= 15 is 0 Å². The summed E-state index contributed by atoms with van der Waals surface area (Å²) in [5.41, 5.74) is 1.36. The average molecular weight is 174 g/mol. The second-order valence-corrected chi connectivity index (χ2v) is 3.90. The minimum atomic E-state index is 0.361. The van der Waals surface area contributed by atoms with Gasteiger partial charge in [-0.3, -0.25) is 4.79 Å². The first-order valence-electron chi connectivity index (χ1n) is 4.82. The van der Waals surface area contributed by atoms with E-state index in [0.717, 1.165) is 12.8 Å². The van der Waals surface area contributed by atoms with Gasteiger partial charge in [-0.25, -0.2) is 0 Å². The molecule has 0 N–H and O–H groups in total. The number of hydrogen-bond donors (Lipinski definition) is 0. The van der Waals surface area contributed by atoms with E-state index in [1.165, 1.54) is 5.56 Å². The van der Waals surface area contributed by atoms with E-state index in [1.807, 2.05) is 6.07 Å². The molecule has 0 spiro atoms. The molecule has 1 heteroatoms. The van der Waals surface area contributed by atoms with Gasteiger partial charge in [-0.1, -0.05) is 30.3 Å². The maximum absolute atomic E-state index is 11.0. The summed E-state index contributed by atoms with van der Waals surface area (Å²) >= 11 is 0. The van der Waals surface area contributed by atoms with Gasteiger partial charge in [-0.15, -0.1) is 0 Å². The molecule has 1 aliphatic rings. The van der Waals surface area contributed by atoms with E-state index in [0.29, 0.717) is 17.6 Å². The monoisotopic (exact) mass is 174 g/mol. The summed E-state index contributed by atoms with van der Waals surface area (Å²) in [6.07, 6.45) is 2.18. The Hall–Kier alpha value is -1.11. The summed E-state index contributed by atoms with van der Waals surface area (Å²) in [5, 5.41) is 0. The van der Waals surface area contributed by atoms with Gasteiger partial charge in [0, 0.05) is 5.92 Å². The number of ketones is 1. The number of Topliss-reactive ketones (excluding diaryl/α,β-unsaturated/α-hetero) is 1. The van der Waals surface area contributed by atoms with Crippen molar-refractivity contribution in [2.24, 2.45) is 11.8 Å². The number of benzene rings is 1. The molecule has 68 valence electrons. The Kier molecular flexibility index (Phi) is 2.17. The summed E-state index contributed by atoms with van der Waals surface area (Å²) in [4.78, 5) is 11.0. The molecule has 1 aromatic rings.